The van der Waals surface area contributed by atoms with Gasteiger partial charge >= 0.3 is 0 Å². The highest BCUT2D eigenvalue weighted by molar-refractivity contribution is 6.33. The van der Waals surface area contributed by atoms with E-state index in [9.17, 15) is 4.79 Å². The fourth-order valence-electron chi connectivity index (χ4n) is 3.94. The molecule has 3 aromatic carbocycles. The number of ether oxygens (including phenoxy) is 1. The zero-order chi connectivity index (χ0) is 26.5. The predicted octanol–water partition coefficient (Wildman–Crippen LogP) is 5.71. The van der Waals surface area contributed by atoms with Gasteiger partial charge in [0.05, 0.1) is 17.6 Å². The number of aromatic amines is 1. The molecule has 0 bridgehead atoms. The van der Waals surface area contributed by atoms with E-state index in [1.807, 2.05) is 60.7 Å². The molecule has 2 aromatic heterocycles. The molecule has 194 valence electrons. The summed E-state index contributed by atoms with van der Waals surface area (Å²) in [6.45, 7) is 4.88. The smallest absolute Gasteiger partial charge is 0.251 e. The van der Waals surface area contributed by atoms with E-state index in [1.54, 1.807) is 12.1 Å². The Morgan fingerprint density at radius 1 is 1.08 bits per heavy atom. The Bertz CT molecular complexity index is 1480. The first-order chi connectivity index (χ1) is 18.5. The number of hydrogen-bond acceptors (Lipinski definition) is 7. The lowest BCUT2D eigenvalue weighted by atomic mass is 10.0. The molecule has 0 fully saturated rings. The minimum Gasteiger partial charge on any atom is -0.491 e. The predicted molar refractivity (Wildman–Crippen MR) is 146 cm³/mol. The van der Waals surface area contributed by atoms with Crippen LogP contribution in [0.4, 0.5) is 5.69 Å². The van der Waals surface area contributed by atoms with Crippen LogP contribution in [0.3, 0.4) is 0 Å². The van der Waals surface area contributed by atoms with E-state index in [-0.39, 0.29) is 18.5 Å². The fraction of sp³-hybridized carbons (Fsp3) is 0.214. The number of halogens is 1. The third-order valence-electron chi connectivity index (χ3n) is 6.16. The van der Waals surface area contributed by atoms with E-state index in [0.717, 1.165) is 28.0 Å². The summed E-state index contributed by atoms with van der Waals surface area (Å²) >= 11 is 6.59. The average Bonchev–Trinajstić information content (AvgIpc) is 3.60. The highest BCUT2D eigenvalue weighted by Crippen LogP contribution is 2.34. The van der Waals surface area contributed by atoms with Crippen LogP contribution in [0.2, 0.25) is 5.02 Å². The lowest BCUT2D eigenvalue weighted by Gasteiger charge is -2.24. The third-order valence-corrected chi connectivity index (χ3v) is 6.47. The number of benzene rings is 3. The number of tetrazole rings is 1. The first-order valence-corrected chi connectivity index (χ1v) is 12.6. The van der Waals surface area contributed by atoms with Gasteiger partial charge in [0.15, 0.2) is 5.82 Å². The molecule has 1 unspecified atom stereocenters. The number of nitrogens with one attached hydrogen (secondary N) is 3. The van der Waals surface area contributed by atoms with Crippen molar-refractivity contribution in [3.8, 4) is 17.1 Å². The molecule has 5 aromatic rings. The number of carbonyl (C=O) groups excluding carboxylic acids is 1. The Balaban J connectivity index is 1.19. The maximum atomic E-state index is 12.4. The van der Waals surface area contributed by atoms with Crippen molar-refractivity contribution in [3.05, 3.63) is 89.2 Å². The van der Waals surface area contributed by atoms with E-state index >= 15 is 0 Å². The van der Waals surface area contributed by atoms with Gasteiger partial charge < -0.3 is 19.8 Å². The minimum atomic E-state index is -0.215. The number of nitrogens with zero attached hydrogens (tertiary/aromatic N) is 3. The van der Waals surface area contributed by atoms with Gasteiger partial charge in [0.25, 0.3) is 5.91 Å². The average molecular weight is 531 g/mol. The molecule has 0 spiro atoms. The summed E-state index contributed by atoms with van der Waals surface area (Å²) in [6.07, 6.45) is 0. The van der Waals surface area contributed by atoms with Crippen molar-refractivity contribution in [2.75, 3.05) is 11.9 Å². The Morgan fingerprint density at radius 2 is 1.89 bits per heavy atom. The van der Waals surface area contributed by atoms with Crippen molar-refractivity contribution in [2.24, 2.45) is 5.92 Å². The van der Waals surface area contributed by atoms with Crippen molar-refractivity contribution in [2.45, 2.75) is 26.4 Å². The summed E-state index contributed by atoms with van der Waals surface area (Å²) in [6, 6.07) is 22.8. The highest BCUT2D eigenvalue weighted by Gasteiger charge is 2.16. The van der Waals surface area contributed by atoms with Crippen molar-refractivity contribution in [3.63, 3.8) is 0 Å². The van der Waals surface area contributed by atoms with E-state index in [4.69, 9.17) is 20.8 Å². The molecule has 0 aliphatic heterocycles. The molecule has 1 atom stereocenters. The summed E-state index contributed by atoms with van der Waals surface area (Å²) in [5, 5.41) is 21.3. The summed E-state index contributed by atoms with van der Waals surface area (Å²) < 4.78 is 12.1. The monoisotopic (exact) mass is 530 g/mol. The molecular weight excluding hydrogens is 504 g/mol. The van der Waals surface area contributed by atoms with Crippen LogP contribution in [0.1, 0.15) is 30.0 Å². The molecule has 5 rings (SSSR count). The zero-order valence-electron chi connectivity index (χ0n) is 20.9. The quantitative estimate of drug-likeness (QED) is 0.211. The lowest BCUT2D eigenvalue weighted by Crippen LogP contribution is -2.32. The van der Waals surface area contributed by atoms with Crippen LogP contribution in [0.15, 0.2) is 77.2 Å². The number of anilines is 1. The van der Waals surface area contributed by atoms with Gasteiger partial charge in [-0.15, -0.1) is 10.2 Å². The topological polar surface area (TPSA) is 118 Å². The standard InChI is InChI=1S/C28H27ClN6O3/c1-17(2)24(31-20-9-7-18(8-10-20)28(36)30-15-27-32-34-35-33-27)16-37-21-11-12-22(23(29)14-21)26-13-19-5-3-4-6-25(19)38-26/h3-14,17,24,31H,15-16H2,1-2H3,(H,30,36)(H,32,33,34,35). The number of hydrogen-bond donors (Lipinski definition) is 3. The molecule has 0 radical (unpaired) electrons. The van der Waals surface area contributed by atoms with Crippen LogP contribution in [-0.4, -0.2) is 39.2 Å². The van der Waals surface area contributed by atoms with Gasteiger partial charge in [-0.2, -0.15) is 5.21 Å². The van der Waals surface area contributed by atoms with Gasteiger partial charge in [0, 0.05) is 22.2 Å². The van der Waals surface area contributed by atoms with Gasteiger partial charge in [-0.05, 0) is 60.5 Å². The van der Waals surface area contributed by atoms with Crippen LogP contribution < -0.4 is 15.4 Å². The molecule has 1 amide bonds. The summed E-state index contributed by atoms with van der Waals surface area (Å²) in [4.78, 5) is 12.4. The van der Waals surface area contributed by atoms with Crippen molar-refractivity contribution >= 4 is 34.2 Å². The molecule has 9 nitrogen and oxygen atoms in total. The second-order valence-corrected chi connectivity index (χ2v) is 9.59. The largest absolute Gasteiger partial charge is 0.491 e. The molecule has 10 heteroatoms. The van der Waals surface area contributed by atoms with Gasteiger partial charge in [-0.3, -0.25) is 4.79 Å². The van der Waals surface area contributed by atoms with Gasteiger partial charge in [-0.25, -0.2) is 0 Å². The first kappa shape index (κ1) is 25.3. The second-order valence-electron chi connectivity index (χ2n) is 9.18. The van der Waals surface area contributed by atoms with Crippen LogP contribution in [0, 0.1) is 5.92 Å². The number of rotatable bonds is 10. The van der Waals surface area contributed by atoms with Crippen molar-refractivity contribution in [1.82, 2.24) is 25.9 Å². The molecular formula is C28H27ClN6O3. The Hall–Kier alpha value is -4.37. The Kier molecular flexibility index (Phi) is 7.55. The zero-order valence-corrected chi connectivity index (χ0v) is 21.7. The number of carbonyl (C=O) groups is 1. The van der Waals surface area contributed by atoms with Crippen LogP contribution in [0.25, 0.3) is 22.3 Å². The van der Waals surface area contributed by atoms with Crippen molar-refractivity contribution < 1.29 is 13.9 Å². The maximum absolute atomic E-state index is 12.4. The van der Waals surface area contributed by atoms with Crippen LogP contribution in [0.5, 0.6) is 5.75 Å². The fourth-order valence-corrected chi connectivity index (χ4v) is 4.20. The first-order valence-electron chi connectivity index (χ1n) is 12.2. The SMILES string of the molecule is CC(C)C(COc1ccc(-c2cc3ccccc3o2)c(Cl)c1)Nc1ccc(C(=O)NCc2nn[nH]n2)cc1. The molecule has 0 aliphatic rings. The summed E-state index contributed by atoms with van der Waals surface area (Å²) in [5.74, 6) is 1.89. The van der Waals surface area contributed by atoms with E-state index < -0.39 is 0 Å². The lowest BCUT2D eigenvalue weighted by molar-refractivity contribution is 0.0950. The molecule has 0 saturated carbocycles. The third kappa shape index (κ3) is 5.95. The normalized spacial score (nSPS) is 12.0. The molecule has 2 heterocycles. The number of aromatic nitrogens is 4. The molecule has 0 aliphatic carbocycles. The van der Waals surface area contributed by atoms with Gasteiger partial charge in [0.1, 0.15) is 23.7 Å². The minimum absolute atomic E-state index is 0.0294. The highest BCUT2D eigenvalue weighted by atomic mass is 35.5. The number of amides is 1. The second kappa shape index (κ2) is 11.4. The Morgan fingerprint density at radius 3 is 2.61 bits per heavy atom. The molecule has 3 N–H and O–H groups in total. The van der Waals surface area contributed by atoms with Crippen LogP contribution >= 0.6 is 11.6 Å². The van der Waals surface area contributed by atoms with Gasteiger partial charge in [0.2, 0.25) is 0 Å². The number of fused-ring (bicyclic) bond motifs is 1. The summed E-state index contributed by atoms with van der Waals surface area (Å²) in [5.41, 5.74) is 3.06. The number of para-hydroxylation sites is 1. The molecule has 38 heavy (non-hydrogen) atoms. The molecule has 0 saturated heterocycles. The van der Waals surface area contributed by atoms with Crippen LogP contribution in [-0.2, 0) is 6.54 Å². The van der Waals surface area contributed by atoms with E-state index in [1.165, 1.54) is 0 Å². The maximum Gasteiger partial charge on any atom is 0.251 e. The van der Waals surface area contributed by atoms with Gasteiger partial charge in [-0.1, -0.05) is 48.9 Å². The Labute approximate surface area is 224 Å². The number of furan rings is 1. The summed E-state index contributed by atoms with van der Waals surface area (Å²) in [7, 11) is 0. The van der Waals surface area contributed by atoms with Crippen molar-refractivity contribution in [1.29, 1.82) is 0 Å². The number of H-pyrrole nitrogens is 1. The van der Waals surface area contributed by atoms with E-state index in [2.05, 4.69) is 45.1 Å². The van der Waals surface area contributed by atoms with E-state index in [0.29, 0.717) is 34.7 Å².